The van der Waals surface area contributed by atoms with Crippen LogP contribution >= 0.6 is 27.3 Å². The first-order valence-corrected chi connectivity index (χ1v) is 4.53. The Morgan fingerprint density at radius 1 is 1.33 bits per heavy atom. The van der Waals surface area contributed by atoms with Gasteiger partial charge in [0.05, 0.1) is 3.79 Å². The predicted molar refractivity (Wildman–Crippen MR) is 44.8 cm³/mol. The SMILES string of the molecule is F[B-](F)(F)Cc1ccc(Br)s1.[K+]. The van der Waals surface area contributed by atoms with E-state index in [1.54, 1.807) is 6.07 Å². The van der Waals surface area contributed by atoms with Crippen molar-refractivity contribution >= 4 is 34.2 Å². The second kappa shape index (κ2) is 5.53. The molecule has 0 bridgehead atoms. The van der Waals surface area contributed by atoms with E-state index in [1.807, 2.05) is 0 Å². The molecule has 0 unspecified atom stereocenters. The van der Waals surface area contributed by atoms with Crippen LogP contribution < -0.4 is 51.4 Å². The smallest absolute Gasteiger partial charge is 0.449 e. The fourth-order valence-electron chi connectivity index (χ4n) is 0.690. The Hall–Kier alpha value is 1.67. The molecule has 62 valence electrons. The molecule has 12 heavy (non-hydrogen) atoms. The van der Waals surface area contributed by atoms with Gasteiger partial charge in [0.2, 0.25) is 0 Å². The quantitative estimate of drug-likeness (QED) is 0.691. The van der Waals surface area contributed by atoms with Crippen LogP contribution in [-0.4, -0.2) is 6.98 Å². The Morgan fingerprint density at radius 3 is 2.25 bits per heavy atom. The summed E-state index contributed by atoms with van der Waals surface area (Å²) >= 11 is 4.22. The van der Waals surface area contributed by atoms with Crippen LogP contribution in [0.3, 0.4) is 0 Å². The summed E-state index contributed by atoms with van der Waals surface area (Å²) in [6, 6.07) is 3.12. The number of thiophene rings is 1. The van der Waals surface area contributed by atoms with Crippen molar-refractivity contribution in [1.82, 2.24) is 0 Å². The Kier molecular flexibility index (Phi) is 6.30. The number of halogens is 4. The van der Waals surface area contributed by atoms with Crippen molar-refractivity contribution in [3.05, 3.63) is 20.8 Å². The molecule has 0 nitrogen and oxygen atoms in total. The summed E-state index contributed by atoms with van der Waals surface area (Å²) in [5.41, 5.74) is 0. The molecule has 0 aliphatic rings. The maximum Gasteiger partial charge on any atom is 1.00 e. The van der Waals surface area contributed by atoms with Crippen LogP contribution in [0.4, 0.5) is 12.9 Å². The third-order valence-electron chi connectivity index (χ3n) is 1.06. The van der Waals surface area contributed by atoms with E-state index in [1.165, 1.54) is 6.07 Å². The molecule has 1 aromatic heterocycles. The van der Waals surface area contributed by atoms with Gasteiger partial charge in [-0.3, -0.25) is 0 Å². The fraction of sp³-hybridized carbons (Fsp3) is 0.200. The molecule has 0 N–H and O–H groups in total. The Bertz CT molecular complexity index is 249. The van der Waals surface area contributed by atoms with Gasteiger partial charge in [0, 0.05) is 0 Å². The third-order valence-corrected chi connectivity index (χ3v) is 2.71. The molecule has 0 aliphatic carbocycles. The van der Waals surface area contributed by atoms with Crippen LogP contribution in [-0.2, 0) is 6.32 Å². The summed E-state index contributed by atoms with van der Waals surface area (Å²) in [6.07, 6.45) is -0.768. The summed E-state index contributed by atoms with van der Waals surface area (Å²) in [5.74, 6) is 0. The molecule has 0 aliphatic heterocycles. The first kappa shape index (κ1) is 13.7. The van der Waals surface area contributed by atoms with Gasteiger partial charge in [0.15, 0.2) is 0 Å². The minimum Gasteiger partial charge on any atom is -0.449 e. The average molecular weight is 283 g/mol. The van der Waals surface area contributed by atoms with E-state index >= 15 is 0 Å². The van der Waals surface area contributed by atoms with Gasteiger partial charge in [-0.1, -0.05) is 12.4 Å². The van der Waals surface area contributed by atoms with Gasteiger partial charge in [-0.25, -0.2) is 0 Å². The summed E-state index contributed by atoms with van der Waals surface area (Å²) in [6.45, 7) is -4.68. The zero-order chi connectivity index (χ0) is 8.48. The van der Waals surface area contributed by atoms with E-state index in [0.29, 0.717) is 4.88 Å². The predicted octanol–water partition coefficient (Wildman–Crippen LogP) is 0.444. The first-order valence-electron chi connectivity index (χ1n) is 2.92. The second-order valence-corrected chi connectivity index (χ2v) is 4.67. The van der Waals surface area contributed by atoms with Gasteiger partial charge in [-0.05, 0) is 26.9 Å². The molecule has 0 saturated heterocycles. The minimum atomic E-state index is -4.68. The van der Waals surface area contributed by atoms with Crippen molar-refractivity contribution in [2.24, 2.45) is 0 Å². The molecule has 0 radical (unpaired) electrons. The first-order chi connectivity index (χ1) is 4.97. The van der Waals surface area contributed by atoms with Crippen molar-refractivity contribution in [2.45, 2.75) is 6.32 Å². The maximum absolute atomic E-state index is 11.8. The molecule has 1 rings (SSSR count). The van der Waals surface area contributed by atoms with Crippen LogP contribution in [0, 0.1) is 0 Å². The summed E-state index contributed by atoms with van der Waals surface area (Å²) < 4.78 is 36.2. The molecule has 0 atom stereocenters. The van der Waals surface area contributed by atoms with Crippen LogP contribution in [0.5, 0.6) is 0 Å². The second-order valence-electron chi connectivity index (χ2n) is 2.12. The standard InChI is InChI=1S/C5H4BBrF3S.K/c7-5-2-1-4(11-5)3-6(8,9)10;/h1-2H,3H2;/q-1;+1. The van der Waals surface area contributed by atoms with E-state index in [2.05, 4.69) is 15.9 Å². The van der Waals surface area contributed by atoms with Gasteiger partial charge < -0.3 is 12.9 Å². The van der Waals surface area contributed by atoms with E-state index in [9.17, 15) is 12.9 Å². The van der Waals surface area contributed by atoms with Crippen molar-refractivity contribution in [3.8, 4) is 0 Å². The van der Waals surface area contributed by atoms with Gasteiger partial charge in [-0.2, -0.15) is 0 Å². The van der Waals surface area contributed by atoms with E-state index in [-0.39, 0.29) is 51.4 Å². The normalized spacial score (nSPS) is 11.0. The molecule has 7 heteroatoms. The molecule has 0 aromatic carbocycles. The topological polar surface area (TPSA) is 0 Å². The Labute approximate surface area is 124 Å². The molecule has 1 heterocycles. The molecular formula is C5H4BBrF3KS. The molecule has 0 spiro atoms. The van der Waals surface area contributed by atoms with Crippen molar-refractivity contribution < 1.29 is 64.3 Å². The maximum atomic E-state index is 11.8. The van der Waals surface area contributed by atoms with Gasteiger partial charge in [0.25, 0.3) is 0 Å². The Balaban J connectivity index is 0.00000121. The molecule has 0 saturated carbocycles. The van der Waals surface area contributed by atoms with E-state index < -0.39 is 13.3 Å². The summed E-state index contributed by atoms with van der Waals surface area (Å²) in [5, 5.41) is 0. The largest absolute Gasteiger partial charge is 1.00 e. The van der Waals surface area contributed by atoms with E-state index in [0.717, 1.165) is 15.1 Å². The third kappa shape index (κ3) is 5.41. The van der Waals surface area contributed by atoms with Crippen LogP contribution in [0.1, 0.15) is 4.88 Å². The zero-order valence-electron chi connectivity index (χ0n) is 6.36. The molecule has 0 amide bonds. The van der Waals surface area contributed by atoms with Crippen molar-refractivity contribution in [1.29, 1.82) is 0 Å². The van der Waals surface area contributed by atoms with E-state index in [4.69, 9.17) is 0 Å². The number of hydrogen-bond donors (Lipinski definition) is 0. The van der Waals surface area contributed by atoms with Gasteiger partial charge in [-0.15, -0.1) is 11.3 Å². The summed E-state index contributed by atoms with van der Waals surface area (Å²) in [7, 11) is 0. The van der Waals surface area contributed by atoms with Crippen LogP contribution in [0.2, 0.25) is 0 Å². The molecular weight excluding hydrogens is 279 g/mol. The fourth-order valence-corrected chi connectivity index (χ4v) is 2.24. The molecule has 1 aromatic rings. The van der Waals surface area contributed by atoms with Gasteiger partial charge >= 0.3 is 58.4 Å². The minimum absolute atomic E-state index is 0. The van der Waals surface area contributed by atoms with Crippen LogP contribution in [0.15, 0.2) is 15.9 Å². The van der Waals surface area contributed by atoms with Gasteiger partial charge in [0.1, 0.15) is 0 Å². The molecule has 0 fully saturated rings. The van der Waals surface area contributed by atoms with Crippen LogP contribution in [0.25, 0.3) is 0 Å². The number of rotatable bonds is 2. The summed E-state index contributed by atoms with van der Waals surface area (Å²) in [4.78, 5) is 0.365. The zero-order valence-corrected chi connectivity index (χ0v) is 11.9. The number of hydrogen-bond acceptors (Lipinski definition) is 1. The van der Waals surface area contributed by atoms with Crippen molar-refractivity contribution in [2.75, 3.05) is 0 Å². The van der Waals surface area contributed by atoms with Crippen molar-refractivity contribution in [3.63, 3.8) is 0 Å². The monoisotopic (exact) mass is 282 g/mol. The Morgan fingerprint density at radius 2 is 1.92 bits per heavy atom. The average Bonchev–Trinajstić information content (AvgIpc) is 2.10.